The predicted octanol–water partition coefficient (Wildman–Crippen LogP) is 2.45. The number of amides is 2. The molecule has 1 heterocycles. The molecule has 1 aromatic rings. The van der Waals surface area contributed by atoms with Gasteiger partial charge in [0.25, 0.3) is 0 Å². The predicted molar refractivity (Wildman–Crippen MR) is 78.6 cm³/mol. The van der Waals surface area contributed by atoms with Gasteiger partial charge in [-0.2, -0.15) is 0 Å². The summed E-state index contributed by atoms with van der Waals surface area (Å²) in [6, 6.07) is 1.60. The van der Waals surface area contributed by atoms with Crippen molar-refractivity contribution in [1.82, 2.24) is 10.6 Å². The normalized spacial score (nSPS) is 15.8. The van der Waals surface area contributed by atoms with Crippen molar-refractivity contribution in [3.63, 3.8) is 0 Å². The zero-order chi connectivity index (χ0) is 15.5. The summed E-state index contributed by atoms with van der Waals surface area (Å²) in [5.41, 5.74) is -0.451. The molecule has 0 aliphatic heterocycles. The van der Waals surface area contributed by atoms with Crippen LogP contribution in [0.25, 0.3) is 0 Å². The molecule has 0 saturated carbocycles. The lowest BCUT2D eigenvalue weighted by Crippen LogP contribution is -2.47. The van der Waals surface area contributed by atoms with Crippen LogP contribution < -0.4 is 10.6 Å². The molecule has 3 N–H and O–H groups in total. The molecule has 2 atom stereocenters. The third kappa shape index (κ3) is 4.27. The first kappa shape index (κ1) is 16.6. The Bertz CT molecular complexity index is 464. The maximum atomic E-state index is 11.8. The first-order valence-corrected chi connectivity index (χ1v) is 6.97. The Hall–Kier alpha value is -1.49. The number of carbonyl (C=O) groups excluding carboxylic acids is 1. The molecule has 114 valence electrons. The van der Waals surface area contributed by atoms with Gasteiger partial charge in [0.05, 0.1) is 6.54 Å². The van der Waals surface area contributed by atoms with E-state index in [4.69, 9.17) is 4.42 Å². The summed E-state index contributed by atoms with van der Waals surface area (Å²) in [5, 5.41) is 16.0. The first-order valence-electron chi connectivity index (χ1n) is 6.97. The third-order valence-electron chi connectivity index (χ3n) is 3.57. The maximum absolute atomic E-state index is 11.8. The van der Waals surface area contributed by atoms with Crippen LogP contribution in [0.2, 0.25) is 0 Å². The average Bonchev–Trinajstić information content (AvgIpc) is 2.66. The zero-order valence-corrected chi connectivity index (χ0v) is 13.2. The molecule has 2 unspecified atom stereocenters. The van der Waals surface area contributed by atoms with E-state index in [0.717, 1.165) is 5.76 Å². The van der Waals surface area contributed by atoms with Gasteiger partial charge >= 0.3 is 6.03 Å². The summed E-state index contributed by atoms with van der Waals surface area (Å²) < 4.78 is 5.42. The smallest absolute Gasteiger partial charge is 0.315 e. The molecule has 0 aliphatic carbocycles. The van der Waals surface area contributed by atoms with Gasteiger partial charge in [-0.15, -0.1) is 0 Å². The number of rotatable bonds is 5. The molecular formula is C15H26N2O3. The molecule has 0 bridgehead atoms. The zero-order valence-electron chi connectivity index (χ0n) is 13.2. The number of nitrogens with one attached hydrogen (secondary N) is 2. The van der Waals surface area contributed by atoms with Gasteiger partial charge in [0, 0.05) is 11.6 Å². The Morgan fingerprint density at radius 1 is 1.40 bits per heavy atom. The van der Waals surface area contributed by atoms with Crippen molar-refractivity contribution in [2.45, 2.75) is 53.2 Å². The van der Waals surface area contributed by atoms with Crippen molar-refractivity contribution in [3.05, 3.63) is 23.2 Å². The van der Waals surface area contributed by atoms with Crippen LogP contribution in [0.4, 0.5) is 4.79 Å². The quantitative estimate of drug-likeness (QED) is 0.776. The summed E-state index contributed by atoms with van der Waals surface area (Å²) in [5.74, 6) is 1.78. The molecule has 2 amide bonds. The van der Waals surface area contributed by atoms with Crippen LogP contribution in [0.15, 0.2) is 10.5 Å². The van der Waals surface area contributed by atoms with Crippen molar-refractivity contribution in [3.8, 4) is 0 Å². The van der Waals surface area contributed by atoms with Crippen molar-refractivity contribution >= 4 is 6.03 Å². The topological polar surface area (TPSA) is 74.5 Å². The highest BCUT2D eigenvalue weighted by atomic mass is 16.3. The highest BCUT2D eigenvalue weighted by Gasteiger charge is 2.28. The Morgan fingerprint density at radius 3 is 2.45 bits per heavy atom. The van der Waals surface area contributed by atoms with E-state index in [2.05, 4.69) is 10.6 Å². The molecule has 1 rings (SSSR count). The Morgan fingerprint density at radius 2 is 2.00 bits per heavy atom. The lowest BCUT2D eigenvalue weighted by atomic mass is 9.96. The van der Waals surface area contributed by atoms with Crippen LogP contribution in [0, 0.1) is 19.8 Å². The van der Waals surface area contributed by atoms with Gasteiger partial charge in [0.2, 0.25) is 0 Å². The Balaban J connectivity index is 2.60. The highest BCUT2D eigenvalue weighted by Crippen LogP contribution is 2.26. The Labute approximate surface area is 120 Å². The van der Waals surface area contributed by atoms with Gasteiger partial charge in [0.1, 0.15) is 17.1 Å². The van der Waals surface area contributed by atoms with E-state index < -0.39 is 5.60 Å². The highest BCUT2D eigenvalue weighted by molar-refractivity contribution is 5.74. The molecule has 20 heavy (non-hydrogen) atoms. The minimum atomic E-state index is -1.15. The van der Waals surface area contributed by atoms with E-state index >= 15 is 0 Å². The van der Waals surface area contributed by atoms with E-state index in [0.29, 0.717) is 17.2 Å². The molecular weight excluding hydrogens is 256 g/mol. The summed E-state index contributed by atoms with van der Waals surface area (Å²) >= 11 is 0. The van der Waals surface area contributed by atoms with E-state index in [1.807, 2.05) is 27.7 Å². The minimum Gasteiger partial charge on any atom is -0.466 e. The number of aliphatic hydroxyl groups is 1. The van der Waals surface area contributed by atoms with Crippen LogP contribution in [0.1, 0.15) is 44.8 Å². The summed E-state index contributed by atoms with van der Waals surface area (Å²) in [6.07, 6.45) is 0. The fourth-order valence-corrected chi connectivity index (χ4v) is 1.94. The average molecular weight is 282 g/mol. The van der Waals surface area contributed by atoms with Gasteiger partial charge in [-0.05, 0) is 39.7 Å². The standard InChI is InChI=1S/C15H26N2O3/c1-9(2)11(4)17-14(18)16-8-15(6,19)13-7-10(3)20-12(13)5/h7,9,11,19H,8H2,1-6H3,(H2,16,17,18). The second-order valence-electron chi connectivity index (χ2n) is 5.96. The molecule has 5 nitrogen and oxygen atoms in total. The van der Waals surface area contributed by atoms with Gasteiger partial charge in [-0.25, -0.2) is 4.79 Å². The van der Waals surface area contributed by atoms with E-state index in [1.165, 1.54) is 0 Å². The monoisotopic (exact) mass is 282 g/mol. The SMILES string of the molecule is Cc1cc(C(C)(O)CNC(=O)NC(C)C(C)C)c(C)o1. The summed E-state index contributed by atoms with van der Waals surface area (Å²) in [4.78, 5) is 11.8. The molecule has 0 spiro atoms. The summed E-state index contributed by atoms with van der Waals surface area (Å²) in [7, 11) is 0. The van der Waals surface area contributed by atoms with Crippen molar-refractivity contribution in [2.75, 3.05) is 6.54 Å². The van der Waals surface area contributed by atoms with Gasteiger partial charge in [-0.3, -0.25) is 0 Å². The van der Waals surface area contributed by atoms with E-state index in [9.17, 15) is 9.90 Å². The number of carbonyl (C=O) groups is 1. The van der Waals surface area contributed by atoms with Crippen LogP contribution >= 0.6 is 0 Å². The van der Waals surface area contributed by atoms with E-state index in [1.54, 1.807) is 19.9 Å². The van der Waals surface area contributed by atoms with Crippen LogP contribution in [0.3, 0.4) is 0 Å². The number of hydrogen-bond acceptors (Lipinski definition) is 3. The lowest BCUT2D eigenvalue weighted by molar-refractivity contribution is 0.0577. The van der Waals surface area contributed by atoms with Gasteiger partial charge in [0.15, 0.2) is 0 Å². The second-order valence-corrected chi connectivity index (χ2v) is 5.96. The fraction of sp³-hybridized carbons (Fsp3) is 0.667. The molecule has 1 aromatic heterocycles. The molecule has 0 saturated heterocycles. The number of urea groups is 1. The number of furan rings is 1. The summed E-state index contributed by atoms with van der Waals surface area (Å²) in [6.45, 7) is 11.5. The molecule has 0 radical (unpaired) electrons. The molecule has 0 aromatic carbocycles. The van der Waals surface area contributed by atoms with Crippen molar-refractivity contribution < 1.29 is 14.3 Å². The van der Waals surface area contributed by atoms with Crippen molar-refractivity contribution in [1.29, 1.82) is 0 Å². The second kappa shape index (κ2) is 6.31. The van der Waals surface area contributed by atoms with Crippen molar-refractivity contribution in [2.24, 2.45) is 5.92 Å². The maximum Gasteiger partial charge on any atom is 0.315 e. The molecule has 0 fully saturated rings. The molecule has 0 aliphatic rings. The molecule has 5 heteroatoms. The van der Waals surface area contributed by atoms with Crippen LogP contribution in [-0.4, -0.2) is 23.7 Å². The van der Waals surface area contributed by atoms with Gasteiger partial charge in [-0.1, -0.05) is 13.8 Å². The third-order valence-corrected chi connectivity index (χ3v) is 3.57. The van der Waals surface area contributed by atoms with Crippen LogP contribution in [0.5, 0.6) is 0 Å². The van der Waals surface area contributed by atoms with E-state index in [-0.39, 0.29) is 18.6 Å². The van der Waals surface area contributed by atoms with Crippen LogP contribution in [-0.2, 0) is 5.60 Å². The largest absolute Gasteiger partial charge is 0.466 e. The minimum absolute atomic E-state index is 0.0813. The first-order chi connectivity index (χ1) is 9.13. The Kier molecular flexibility index (Phi) is 5.22. The lowest BCUT2D eigenvalue weighted by Gasteiger charge is -2.24. The number of hydrogen-bond donors (Lipinski definition) is 3. The number of aryl methyl sites for hydroxylation is 2. The van der Waals surface area contributed by atoms with Gasteiger partial charge < -0.3 is 20.2 Å². The fourth-order valence-electron chi connectivity index (χ4n) is 1.94.